The molecule has 0 radical (unpaired) electrons. The van der Waals surface area contributed by atoms with Crippen molar-refractivity contribution in [1.29, 1.82) is 0 Å². The summed E-state index contributed by atoms with van der Waals surface area (Å²) in [4.78, 5) is 19.9. The molecule has 35 heavy (non-hydrogen) atoms. The van der Waals surface area contributed by atoms with Crippen LogP contribution in [-0.4, -0.2) is 45.2 Å². The molecular formula is C26H28FN5O3. The van der Waals surface area contributed by atoms with Gasteiger partial charge in [0.05, 0.1) is 29.4 Å². The van der Waals surface area contributed by atoms with Crippen LogP contribution in [0.3, 0.4) is 0 Å². The van der Waals surface area contributed by atoms with Gasteiger partial charge in [0.2, 0.25) is 0 Å². The van der Waals surface area contributed by atoms with Crippen molar-refractivity contribution in [3.05, 3.63) is 65.1 Å². The predicted octanol–water partition coefficient (Wildman–Crippen LogP) is 4.49. The van der Waals surface area contributed by atoms with Gasteiger partial charge >= 0.3 is 0 Å². The lowest BCUT2D eigenvalue weighted by Gasteiger charge is -2.23. The Hall–Kier alpha value is -3.69. The van der Waals surface area contributed by atoms with E-state index in [0.717, 1.165) is 18.5 Å². The molecule has 2 aliphatic rings. The summed E-state index contributed by atoms with van der Waals surface area (Å²) in [6.07, 6.45) is 2.49. The summed E-state index contributed by atoms with van der Waals surface area (Å²) in [7, 11) is 0. The van der Waals surface area contributed by atoms with Crippen LogP contribution >= 0.6 is 0 Å². The molecule has 0 spiro atoms. The average Bonchev–Trinajstić information content (AvgIpc) is 3.10. The number of amides is 1. The van der Waals surface area contributed by atoms with Crippen molar-refractivity contribution < 1.29 is 19.4 Å². The molecule has 3 aromatic rings. The predicted molar refractivity (Wildman–Crippen MR) is 133 cm³/mol. The monoisotopic (exact) mass is 477 g/mol. The Bertz CT molecular complexity index is 1300. The van der Waals surface area contributed by atoms with E-state index in [1.54, 1.807) is 13.0 Å². The second-order valence-electron chi connectivity index (χ2n) is 9.39. The van der Waals surface area contributed by atoms with Gasteiger partial charge in [0.1, 0.15) is 22.9 Å². The lowest BCUT2D eigenvalue weighted by Crippen LogP contribution is -2.31. The third kappa shape index (κ3) is 4.52. The molecule has 1 aromatic heterocycles. The minimum absolute atomic E-state index is 0.0487. The standard InChI is InChI=1S/C26H28FN5O3/c1-14-7-17(13-33)32(11-14)12-16-3-4-19-22(9-16)31-26(35)24-20(5-6-28-25(24)30-19)29-21-10-23(34)15(2)8-18(21)27/h3-6,8-10,14,17,33-34H,7,11-13H2,1-2H3,(H,31,35)(H2,28,29,30). The highest BCUT2D eigenvalue weighted by Crippen LogP contribution is 2.37. The zero-order valence-electron chi connectivity index (χ0n) is 19.6. The number of carbonyl (C=O) groups is 1. The first-order valence-electron chi connectivity index (χ1n) is 11.6. The van der Waals surface area contributed by atoms with Crippen molar-refractivity contribution in [3.8, 4) is 5.75 Å². The van der Waals surface area contributed by atoms with Crippen molar-refractivity contribution in [2.45, 2.75) is 32.9 Å². The number of likely N-dealkylation sites (tertiary alicyclic amines) is 1. The van der Waals surface area contributed by atoms with Gasteiger partial charge in [0.15, 0.2) is 0 Å². The van der Waals surface area contributed by atoms with Gasteiger partial charge in [-0.25, -0.2) is 9.37 Å². The summed E-state index contributed by atoms with van der Waals surface area (Å²) in [5.74, 6) is -0.116. The maximum atomic E-state index is 14.5. The number of pyridine rings is 1. The van der Waals surface area contributed by atoms with Gasteiger partial charge in [-0.05, 0) is 54.7 Å². The van der Waals surface area contributed by atoms with Crippen molar-refractivity contribution in [3.63, 3.8) is 0 Å². The highest BCUT2D eigenvalue weighted by molar-refractivity contribution is 6.15. The van der Waals surface area contributed by atoms with Crippen LogP contribution in [-0.2, 0) is 6.54 Å². The van der Waals surface area contributed by atoms with E-state index in [1.807, 2.05) is 18.2 Å². The van der Waals surface area contributed by atoms with Gasteiger partial charge in [0.25, 0.3) is 5.91 Å². The summed E-state index contributed by atoms with van der Waals surface area (Å²) in [6.45, 7) is 5.51. The van der Waals surface area contributed by atoms with Crippen molar-refractivity contribution >= 4 is 34.5 Å². The number of anilines is 5. The lowest BCUT2D eigenvalue weighted by atomic mass is 10.1. The molecule has 182 valence electrons. The molecule has 2 unspecified atom stereocenters. The number of hydrogen-bond acceptors (Lipinski definition) is 7. The van der Waals surface area contributed by atoms with E-state index < -0.39 is 11.7 Å². The topological polar surface area (TPSA) is 110 Å². The van der Waals surface area contributed by atoms with Gasteiger partial charge < -0.3 is 26.2 Å². The minimum atomic E-state index is -0.543. The van der Waals surface area contributed by atoms with E-state index in [0.29, 0.717) is 40.9 Å². The fourth-order valence-electron chi connectivity index (χ4n) is 4.86. The largest absolute Gasteiger partial charge is 0.508 e. The van der Waals surface area contributed by atoms with Gasteiger partial charge in [-0.3, -0.25) is 9.69 Å². The number of carbonyl (C=O) groups excluding carboxylic acids is 1. The van der Waals surface area contributed by atoms with Crippen LogP contribution in [0, 0.1) is 18.7 Å². The van der Waals surface area contributed by atoms with Crippen LogP contribution < -0.4 is 16.0 Å². The number of aliphatic hydroxyl groups is 1. The number of aliphatic hydroxyl groups excluding tert-OH is 1. The first kappa shape index (κ1) is 23.1. The molecule has 0 bridgehead atoms. The van der Waals surface area contributed by atoms with Crippen LogP contribution in [0.25, 0.3) is 0 Å². The van der Waals surface area contributed by atoms with Gasteiger partial charge in [-0.15, -0.1) is 0 Å². The number of nitrogens with one attached hydrogen (secondary N) is 3. The van der Waals surface area contributed by atoms with E-state index in [9.17, 15) is 19.4 Å². The minimum Gasteiger partial charge on any atom is -0.508 e. The van der Waals surface area contributed by atoms with Crippen LogP contribution in [0.5, 0.6) is 5.75 Å². The molecule has 9 heteroatoms. The van der Waals surface area contributed by atoms with E-state index in [-0.39, 0.29) is 29.6 Å². The molecule has 5 rings (SSSR count). The van der Waals surface area contributed by atoms with Gasteiger partial charge in [-0.2, -0.15) is 0 Å². The second-order valence-corrected chi connectivity index (χ2v) is 9.39. The molecule has 1 amide bonds. The Morgan fingerprint density at radius 1 is 1.17 bits per heavy atom. The first-order chi connectivity index (χ1) is 16.8. The fraction of sp³-hybridized carbons (Fsp3) is 0.308. The maximum absolute atomic E-state index is 14.5. The summed E-state index contributed by atoms with van der Waals surface area (Å²) >= 11 is 0. The van der Waals surface area contributed by atoms with Crippen LogP contribution in [0.15, 0.2) is 42.6 Å². The second kappa shape index (κ2) is 9.16. The molecule has 8 nitrogen and oxygen atoms in total. The fourth-order valence-corrected chi connectivity index (χ4v) is 4.86. The third-order valence-corrected chi connectivity index (χ3v) is 6.65. The Labute approximate surface area is 202 Å². The van der Waals surface area contributed by atoms with E-state index in [1.165, 1.54) is 18.3 Å². The highest BCUT2D eigenvalue weighted by Gasteiger charge is 2.29. The van der Waals surface area contributed by atoms with Crippen molar-refractivity contribution in [2.75, 3.05) is 29.1 Å². The number of aromatic nitrogens is 1. The number of hydrogen-bond donors (Lipinski definition) is 5. The molecule has 1 saturated heterocycles. The molecule has 5 N–H and O–H groups in total. The van der Waals surface area contributed by atoms with E-state index in [4.69, 9.17) is 0 Å². The number of nitrogens with zero attached hydrogens (tertiary/aromatic N) is 2. The average molecular weight is 478 g/mol. The molecule has 2 atom stereocenters. The molecule has 2 aromatic carbocycles. The SMILES string of the molecule is Cc1cc(F)c(Nc2ccnc3c2C(=O)Nc2cc(CN4CC(C)CC4CO)ccc2N3)cc1O. The Morgan fingerprint density at radius 3 is 2.80 bits per heavy atom. The Kier molecular flexibility index (Phi) is 6.04. The molecule has 0 saturated carbocycles. The molecular weight excluding hydrogens is 449 g/mol. The number of phenols is 1. The van der Waals surface area contributed by atoms with E-state index >= 15 is 0 Å². The highest BCUT2D eigenvalue weighted by atomic mass is 19.1. The summed E-state index contributed by atoms with van der Waals surface area (Å²) < 4.78 is 14.5. The number of rotatable bonds is 5. The van der Waals surface area contributed by atoms with Crippen LogP contribution in [0.4, 0.5) is 33.0 Å². The van der Waals surface area contributed by atoms with Crippen molar-refractivity contribution in [1.82, 2.24) is 9.88 Å². The summed E-state index contributed by atoms with van der Waals surface area (Å²) in [5.41, 5.74) is 3.39. The lowest BCUT2D eigenvalue weighted by molar-refractivity contribution is 0.102. The smallest absolute Gasteiger partial charge is 0.261 e. The first-order valence-corrected chi connectivity index (χ1v) is 11.6. The summed E-state index contributed by atoms with van der Waals surface area (Å²) in [6, 6.07) is 10.1. The van der Waals surface area contributed by atoms with Crippen LogP contribution in [0.1, 0.15) is 34.8 Å². The number of fused-ring (bicyclic) bond motifs is 2. The molecule has 2 aliphatic heterocycles. The van der Waals surface area contributed by atoms with E-state index in [2.05, 4.69) is 32.8 Å². The summed E-state index contributed by atoms with van der Waals surface area (Å²) in [5, 5.41) is 28.8. The third-order valence-electron chi connectivity index (χ3n) is 6.65. The zero-order valence-corrected chi connectivity index (χ0v) is 19.6. The quantitative estimate of drug-likeness (QED) is 0.368. The Balaban J connectivity index is 1.42. The van der Waals surface area contributed by atoms with Gasteiger partial charge in [0, 0.05) is 31.4 Å². The number of halogens is 1. The number of benzene rings is 2. The molecule has 0 aliphatic carbocycles. The zero-order chi connectivity index (χ0) is 24.7. The number of phenolic OH excluding ortho intramolecular Hbond substituents is 1. The van der Waals surface area contributed by atoms with Crippen LogP contribution in [0.2, 0.25) is 0 Å². The van der Waals surface area contributed by atoms with Crippen molar-refractivity contribution in [2.24, 2.45) is 5.92 Å². The maximum Gasteiger partial charge on any atom is 0.261 e. The van der Waals surface area contributed by atoms with Gasteiger partial charge in [-0.1, -0.05) is 13.0 Å². The number of aromatic hydroxyl groups is 1. The Morgan fingerprint density at radius 2 is 2.00 bits per heavy atom. The number of aryl methyl sites for hydroxylation is 1. The molecule has 1 fully saturated rings. The normalized spacial score (nSPS) is 19.4. The molecule has 3 heterocycles.